The maximum atomic E-state index is 12.1. The van der Waals surface area contributed by atoms with E-state index in [2.05, 4.69) is 0 Å². The molecule has 1 aliphatic heterocycles. The number of aliphatic carboxylic acids is 1. The summed E-state index contributed by atoms with van der Waals surface area (Å²) in [6, 6.07) is 6.78. The predicted molar refractivity (Wildman–Crippen MR) is 74.2 cm³/mol. The van der Waals surface area contributed by atoms with Crippen LogP contribution in [0, 0.1) is 6.92 Å². The zero-order valence-corrected chi connectivity index (χ0v) is 11.3. The van der Waals surface area contributed by atoms with Crippen LogP contribution in [0.15, 0.2) is 30.3 Å². The third kappa shape index (κ3) is 3.24. The van der Waals surface area contributed by atoms with Gasteiger partial charge in [0.1, 0.15) is 0 Å². The maximum Gasteiger partial charge on any atom is 0.328 e. The largest absolute Gasteiger partial charge is 0.480 e. The lowest BCUT2D eigenvalue weighted by Gasteiger charge is -2.32. The van der Waals surface area contributed by atoms with Crippen molar-refractivity contribution in [2.24, 2.45) is 0 Å². The third-order valence-electron chi connectivity index (χ3n) is 3.29. The highest BCUT2D eigenvalue weighted by Gasteiger charge is 2.31. The van der Waals surface area contributed by atoms with Crippen molar-refractivity contribution < 1.29 is 19.4 Å². The lowest BCUT2D eigenvalue weighted by Crippen LogP contribution is -2.52. The summed E-state index contributed by atoms with van der Waals surface area (Å²) in [5.74, 6) is -1.34. The van der Waals surface area contributed by atoms with Gasteiger partial charge in [0.25, 0.3) is 0 Å². The van der Waals surface area contributed by atoms with E-state index in [1.807, 2.05) is 31.2 Å². The molecule has 0 aliphatic carbocycles. The fourth-order valence-electron chi connectivity index (χ4n) is 2.10. The van der Waals surface area contributed by atoms with E-state index in [4.69, 9.17) is 9.84 Å². The molecule has 1 fully saturated rings. The Balaban J connectivity index is 2.10. The van der Waals surface area contributed by atoms with Gasteiger partial charge in [0, 0.05) is 12.6 Å². The molecule has 1 atom stereocenters. The Morgan fingerprint density at radius 2 is 2.15 bits per heavy atom. The zero-order chi connectivity index (χ0) is 14.5. The summed E-state index contributed by atoms with van der Waals surface area (Å²) in [4.78, 5) is 24.6. The molecule has 1 heterocycles. The van der Waals surface area contributed by atoms with Crippen LogP contribution in [0.25, 0.3) is 6.08 Å². The van der Waals surface area contributed by atoms with Gasteiger partial charge in [-0.05, 0) is 24.1 Å². The number of benzene rings is 1. The fraction of sp³-hybridized carbons (Fsp3) is 0.333. The highest BCUT2D eigenvalue weighted by Crippen LogP contribution is 2.12. The van der Waals surface area contributed by atoms with Crippen molar-refractivity contribution in [2.45, 2.75) is 13.0 Å². The number of aryl methyl sites for hydroxylation is 1. The standard InChI is InChI=1S/C15H17NO4/c1-11-4-2-3-5-12(11)6-7-14(17)16-8-9-20-10-13(16)15(18)19/h2-7,13H,8-10H2,1H3,(H,18,19)/b7-6+/t13-/m1/s1. The van der Waals surface area contributed by atoms with E-state index in [1.165, 1.54) is 11.0 Å². The second kappa shape index (κ2) is 6.34. The molecule has 1 N–H and O–H groups in total. The number of carboxylic acids is 1. The molecule has 2 rings (SSSR count). The maximum absolute atomic E-state index is 12.1. The lowest BCUT2D eigenvalue weighted by atomic mass is 10.1. The highest BCUT2D eigenvalue weighted by molar-refractivity contribution is 5.94. The molecule has 0 saturated carbocycles. The van der Waals surface area contributed by atoms with E-state index >= 15 is 0 Å². The minimum absolute atomic E-state index is 0.0410. The van der Waals surface area contributed by atoms with Crippen molar-refractivity contribution in [1.29, 1.82) is 0 Å². The van der Waals surface area contributed by atoms with Gasteiger partial charge < -0.3 is 14.7 Å². The molecule has 1 aromatic rings. The van der Waals surface area contributed by atoms with Crippen molar-refractivity contribution in [3.8, 4) is 0 Å². The first-order valence-corrected chi connectivity index (χ1v) is 6.44. The van der Waals surface area contributed by atoms with Crippen LogP contribution in [-0.4, -0.2) is 47.7 Å². The van der Waals surface area contributed by atoms with E-state index in [1.54, 1.807) is 6.08 Å². The van der Waals surface area contributed by atoms with Crippen molar-refractivity contribution in [2.75, 3.05) is 19.8 Å². The number of carbonyl (C=O) groups is 2. The number of ether oxygens (including phenoxy) is 1. The molecular formula is C15H17NO4. The SMILES string of the molecule is Cc1ccccc1/C=C/C(=O)N1CCOC[C@@H]1C(=O)O. The Morgan fingerprint density at radius 1 is 1.40 bits per heavy atom. The second-order valence-electron chi connectivity index (χ2n) is 4.65. The summed E-state index contributed by atoms with van der Waals surface area (Å²) in [6.07, 6.45) is 3.13. The van der Waals surface area contributed by atoms with Crippen LogP contribution in [0.4, 0.5) is 0 Å². The molecule has 5 heteroatoms. The molecule has 0 bridgehead atoms. The van der Waals surface area contributed by atoms with Gasteiger partial charge in [-0.15, -0.1) is 0 Å². The monoisotopic (exact) mass is 275 g/mol. The lowest BCUT2D eigenvalue weighted by molar-refractivity contribution is -0.156. The normalized spacial score (nSPS) is 19.2. The summed E-state index contributed by atoms with van der Waals surface area (Å²) in [7, 11) is 0. The van der Waals surface area contributed by atoms with Crippen LogP contribution in [0.5, 0.6) is 0 Å². The second-order valence-corrected chi connectivity index (χ2v) is 4.65. The van der Waals surface area contributed by atoms with Crippen LogP contribution in [0.2, 0.25) is 0 Å². The third-order valence-corrected chi connectivity index (χ3v) is 3.29. The van der Waals surface area contributed by atoms with Crippen LogP contribution in [-0.2, 0) is 14.3 Å². The van der Waals surface area contributed by atoms with E-state index in [0.29, 0.717) is 13.2 Å². The van der Waals surface area contributed by atoms with E-state index in [0.717, 1.165) is 11.1 Å². The van der Waals surface area contributed by atoms with Gasteiger partial charge in [0.2, 0.25) is 5.91 Å². The van der Waals surface area contributed by atoms with Crippen LogP contribution in [0.1, 0.15) is 11.1 Å². The number of amides is 1. The van der Waals surface area contributed by atoms with Gasteiger partial charge in [0.05, 0.1) is 13.2 Å². The van der Waals surface area contributed by atoms with E-state index in [-0.39, 0.29) is 12.5 Å². The van der Waals surface area contributed by atoms with Crippen molar-refractivity contribution in [3.63, 3.8) is 0 Å². The van der Waals surface area contributed by atoms with Crippen LogP contribution >= 0.6 is 0 Å². The van der Waals surface area contributed by atoms with Gasteiger partial charge in [-0.2, -0.15) is 0 Å². The molecule has 0 aromatic heterocycles. The van der Waals surface area contributed by atoms with Crippen molar-refractivity contribution in [3.05, 3.63) is 41.5 Å². The number of hydrogen-bond acceptors (Lipinski definition) is 3. The molecule has 1 saturated heterocycles. The van der Waals surface area contributed by atoms with Gasteiger partial charge >= 0.3 is 5.97 Å². The van der Waals surface area contributed by atoms with E-state index < -0.39 is 12.0 Å². The average molecular weight is 275 g/mol. The molecule has 0 spiro atoms. The number of nitrogens with zero attached hydrogens (tertiary/aromatic N) is 1. The minimum atomic E-state index is -1.04. The first-order chi connectivity index (χ1) is 9.59. The van der Waals surface area contributed by atoms with E-state index in [9.17, 15) is 9.59 Å². The van der Waals surface area contributed by atoms with Crippen LogP contribution < -0.4 is 0 Å². The average Bonchev–Trinajstić information content (AvgIpc) is 2.46. The Morgan fingerprint density at radius 3 is 2.85 bits per heavy atom. The molecule has 0 unspecified atom stereocenters. The van der Waals surface area contributed by atoms with Crippen LogP contribution in [0.3, 0.4) is 0 Å². The topological polar surface area (TPSA) is 66.8 Å². The molecular weight excluding hydrogens is 258 g/mol. The summed E-state index contributed by atoms with van der Waals surface area (Å²) in [5.41, 5.74) is 2.01. The minimum Gasteiger partial charge on any atom is -0.480 e. The Labute approximate surface area is 117 Å². The predicted octanol–water partition coefficient (Wildman–Crippen LogP) is 1.32. The summed E-state index contributed by atoms with van der Waals surface area (Å²) >= 11 is 0. The number of rotatable bonds is 3. The molecule has 1 aromatic carbocycles. The van der Waals surface area contributed by atoms with Gasteiger partial charge in [-0.3, -0.25) is 4.79 Å². The Hall–Kier alpha value is -2.14. The molecule has 0 radical (unpaired) electrons. The fourth-order valence-corrected chi connectivity index (χ4v) is 2.10. The summed E-state index contributed by atoms with van der Waals surface area (Å²) in [6.45, 7) is 2.67. The quantitative estimate of drug-likeness (QED) is 0.845. The highest BCUT2D eigenvalue weighted by atomic mass is 16.5. The number of carbonyl (C=O) groups excluding carboxylic acids is 1. The molecule has 106 valence electrons. The van der Waals surface area contributed by atoms with Gasteiger partial charge in [-0.25, -0.2) is 4.79 Å². The first kappa shape index (κ1) is 14.3. The summed E-state index contributed by atoms with van der Waals surface area (Å²) in [5, 5.41) is 9.09. The number of hydrogen-bond donors (Lipinski definition) is 1. The number of morpholine rings is 1. The molecule has 1 amide bonds. The van der Waals surface area contributed by atoms with Gasteiger partial charge in [0.15, 0.2) is 6.04 Å². The smallest absolute Gasteiger partial charge is 0.328 e. The zero-order valence-electron chi connectivity index (χ0n) is 11.3. The molecule has 5 nitrogen and oxygen atoms in total. The Bertz CT molecular complexity index is 538. The van der Waals surface area contributed by atoms with Crippen molar-refractivity contribution in [1.82, 2.24) is 4.90 Å². The Kier molecular flexibility index (Phi) is 4.53. The molecule has 1 aliphatic rings. The first-order valence-electron chi connectivity index (χ1n) is 6.44. The van der Waals surface area contributed by atoms with Gasteiger partial charge in [-0.1, -0.05) is 24.3 Å². The molecule has 20 heavy (non-hydrogen) atoms. The summed E-state index contributed by atoms with van der Waals surface area (Å²) < 4.78 is 5.11. The number of carboxylic acid groups (broad SMARTS) is 1. The van der Waals surface area contributed by atoms with Crippen molar-refractivity contribution >= 4 is 18.0 Å².